The molecule has 1 amide bonds. The van der Waals surface area contributed by atoms with Gasteiger partial charge in [-0.15, -0.1) is 0 Å². The number of anilines is 2. The van der Waals surface area contributed by atoms with Gasteiger partial charge in [0.1, 0.15) is 11.5 Å². The fraction of sp³-hybridized carbons (Fsp3) is 0.261. The summed E-state index contributed by atoms with van der Waals surface area (Å²) in [7, 11) is 0. The predicted molar refractivity (Wildman–Crippen MR) is 114 cm³/mol. The average Bonchev–Trinajstić information content (AvgIpc) is 3.26. The first-order valence-electron chi connectivity index (χ1n) is 9.85. The molecule has 2 aromatic carbocycles. The molecule has 1 aliphatic rings. The number of rotatable bonds is 6. The summed E-state index contributed by atoms with van der Waals surface area (Å²) in [6.07, 6.45) is 2.29. The molecule has 1 aliphatic heterocycles. The maximum absolute atomic E-state index is 12.9. The van der Waals surface area contributed by atoms with Gasteiger partial charge in [0.2, 0.25) is 0 Å². The van der Waals surface area contributed by atoms with Crippen molar-refractivity contribution >= 4 is 17.4 Å². The van der Waals surface area contributed by atoms with Crippen LogP contribution in [0.1, 0.15) is 28.9 Å². The van der Waals surface area contributed by atoms with Crippen molar-refractivity contribution in [3.8, 4) is 11.4 Å². The smallest absolute Gasteiger partial charge is 0.274 e. The van der Waals surface area contributed by atoms with Crippen LogP contribution in [0.15, 0.2) is 60.7 Å². The first kappa shape index (κ1) is 19.1. The van der Waals surface area contributed by atoms with Crippen molar-refractivity contribution in [2.45, 2.75) is 25.9 Å². The van der Waals surface area contributed by atoms with E-state index < -0.39 is 0 Å². The first-order chi connectivity index (χ1) is 14.2. The Kier molecular flexibility index (Phi) is 5.81. The number of nitrogens with one attached hydrogen (secondary N) is 2. The Morgan fingerprint density at radius 2 is 1.97 bits per heavy atom. The maximum atomic E-state index is 12.9. The fourth-order valence-electron chi connectivity index (χ4n) is 3.31. The topological polar surface area (TPSA) is 76.1 Å². The number of hydrogen-bond donors (Lipinski definition) is 2. The molecule has 1 aromatic heterocycles. The van der Waals surface area contributed by atoms with Gasteiger partial charge in [-0.2, -0.15) is 0 Å². The number of aromatic nitrogens is 2. The summed E-state index contributed by atoms with van der Waals surface area (Å²) in [6, 6.07) is 19.0. The minimum Gasteiger partial charge on any atom is -0.376 e. The minimum absolute atomic E-state index is 0.176. The Labute approximate surface area is 170 Å². The molecular formula is C23H24N4O2. The summed E-state index contributed by atoms with van der Waals surface area (Å²) < 4.78 is 5.67. The second kappa shape index (κ2) is 8.84. The van der Waals surface area contributed by atoms with E-state index in [2.05, 4.69) is 20.6 Å². The molecule has 0 radical (unpaired) electrons. The lowest BCUT2D eigenvalue weighted by atomic mass is 10.2. The number of hydrogen-bond acceptors (Lipinski definition) is 5. The zero-order chi connectivity index (χ0) is 20.1. The zero-order valence-electron chi connectivity index (χ0n) is 16.4. The van der Waals surface area contributed by atoms with Gasteiger partial charge in [-0.05, 0) is 37.5 Å². The number of aryl methyl sites for hydroxylation is 1. The van der Waals surface area contributed by atoms with Crippen LogP contribution in [-0.2, 0) is 4.74 Å². The number of amides is 1. The molecule has 148 valence electrons. The summed E-state index contributed by atoms with van der Waals surface area (Å²) >= 11 is 0. The summed E-state index contributed by atoms with van der Waals surface area (Å²) in [5.74, 6) is 0.858. The van der Waals surface area contributed by atoms with Crippen LogP contribution in [0.2, 0.25) is 0 Å². The van der Waals surface area contributed by atoms with Gasteiger partial charge in [0.05, 0.1) is 6.10 Å². The lowest BCUT2D eigenvalue weighted by molar-refractivity contribution is 0.102. The summed E-state index contributed by atoms with van der Waals surface area (Å²) in [5.41, 5.74) is 2.99. The van der Waals surface area contributed by atoms with Crippen molar-refractivity contribution in [3.05, 3.63) is 71.9 Å². The van der Waals surface area contributed by atoms with Crippen molar-refractivity contribution in [1.82, 2.24) is 9.97 Å². The van der Waals surface area contributed by atoms with Crippen LogP contribution >= 0.6 is 0 Å². The van der Waals surface area contributed by atoms with Crippen molar-refractivity contribution in [2.75, 3.05) is 23.8 Å². The number of carbonyl (C=O) groups is 1. The van der Waals surface area contributed by atoms with E-state index in [9.17, 15) is 4.79 Å². The molecule has 0 spiro atoms. The molecule has 3 aromatic rings. The molecule has 1 fully saturated rings. The molecule has 1 atom stereocenters. The van der Waals surface area contributed by atoms with Gasteiger partial charge in [0, 0.05) is 30.5 Å². The highest BCUT2D eigenvalue weighted by Crippen LogP contribution is 2.20. The molecular weight excluding hydrogens is 364 g/mol. The fourth-order valence-corrected chi connectivity index (χ4v) is 3.31. The Balaban J connectivity index is 1.60. The maximum Gasteiger partial charge on any atom is 0.274 e. The molecule has 0 aliphatic carbocycles. The largest absolute Gasteiger partial charge is 0.376 e. The second-order valence-corrected chi connectivity index (χ2v) is 7.17. The van der Waals surface area contributed by atoms with E-state index in [1.807, 2.05) is 61.5 Å². The number of benzene rings is 2. The standard InChI is InChI=1S/C23H24N4O2/c1-16-7-5-10-18(13-16)25-23(28)20-14-21(24-15-19-11-6-12-29-19)27-22(26-20)17-8-3-2-4-9-17/h2-5,7-10,13-14,19H,6,11-12,15H2,1H3,(H,25,28)(H,24,26,27). The quantitative estimate of drug-likeness (QED) is 0.659. The van der Waals surface area contributed by atoms with Crippen LogP contribution < -0.4 is 10.6 Å². The minimum atomic E-state index is -0.268. The molecule has 2 heterocycles. The Morgan fingerprint density at radius 1 is 1.10 bits per heavy atom. The van der Waals surface area contributed by atoms with Gasteiger partial charge in [0.15, 0.2) is 5.82 Å². The Hall–Kier alpha value is -3.25. The molecule has 6 nitrogen and oxygen atoms in total. The van der Waals surface area contributed by atoms with Crippen molar-refractivity contribution in [3.63, 3.8) is 0 Å². The molecule has 1 unspecified atom stereocenters. The van der Waals surface area contributed by atoms with Crippen LogP contribution in [-0.4, -0.2) is 35.1 Å². The van der Waals surface area contributed by atoms with Crippen LogP contribution in [0.5, 0.6) is 0 Å². The SMILES string of the molecule is Cc1cccc(NC(=O)c2cc(NCC3CCCO3)nc(-c3ccccc3)n2)c1. The first-order valence-corrected chi connectivity index (χ1v) is 9.85. The molecule has 1 saturated heterocycles. The van der Waals surface area contributed by atoms with Crippen LogP contribution in [0.4, 0.5) is 11.5 Å². The summed E-state index contributed by atoms with van der Waals surface area (Å²) in [5, 5.41) is 6.23. The highest BCUT2D eigenvalue weighted by Gasteiger charge is 2.17. The van der Waals surface area contributed by atoms with Crippen molar-refractivity contribution < 1.29 is 9.53 Å². The van der Waals surface area contributed by atoms with Gasteiger partial charge in [0.25, 0.3) is 5.91 Å². The molecule has 6 heteroatoms. The zero-order valence-corrected chi connectivity index (χ0v) is 16.4. The highest BCUT2D eigenvalue weighted by atomic mass is 16.5. The molecule has 0 saturated carbocycles. The molecule has 2 N–H and O–H groups in total. The van der Waals surface area contributed by atoms with Gasteiger partial charge < -0.3 is 15.4 Å². The van der Waals surface area contributed by atoms with Crippen molar-refractivity contribution in [1.29, 1.82) is 0 Å². The average molecular weight is 388 g/mol. The molecule has 0 bridgehead atoms. The lowest BCUT2D eigenvalue weighted by Gasteiger charge is -2.13. The third-order valence-electron chi connectivity index (χ3n) is 4.80. The van der Waals surface area contributed by atoms with Crippen LogP contribution in [0.25, 0.3) is 11.4 Å². The van der Waals surface area contributed by atoms with E-state index in [0.29, 0.717) is 23.9 Å². The van der Waals surface area contributed by atoms with Crippen LogP contribution in [0, 0.1) is 6.92 Å². The van der Waals surface area contributed by atoms with Crippen LogP contribution in [0.3, 0.4) is 0 Å². The summed E-state index contributed by atoms with van der Waals surface area (Å²) in [4.78, 5) is 22.0. The van der Waals surface area contributed by atoms with E-state index in [1.54, 1.807) is 6.07 Å². The van der Waals surface area contributed by atoms with Gasteiger partial charge in [-0.1, -0.05) is 42.5 Å². The Morgan fingerprint density at radius 3 is 2.72 bits per heavy atom. The summed E-state index contributed by atoms with van der Waals surface area (Å²) in [6.45, 7) is 3.45. The van der Waals surface area contributed by atoms with Gasteiger partial charge in [-0.25, -0.2) is 9.97 Å². The normalized spacial score (nSPS) is 15.8. The van der Waals surface area contributed by atoms with Gasteiger partial charge >= 0.3 is 0 Å². The van der Waals surface area contributed by atoms with E-state index in [0.717, 1.165) is 36.3 Å². The van der Waals surface area contributed by atoms with Crippen molar-refractivity contribution in [2.24, 2.45) is 0 Å². The molecule has 29 heavy (non-hydrogen) atoms. The van der Waals surface area contributed by atoms with E-state index in [-0.39, 0.29) is 12.0 Å². The third kappa shape index (κ3) is 4.97. The Bertz CT molecular complexity index is 985. The molecule has 4 rings (SSSR count). The van der Waals surface area contributed by atoms with E-state index >= 15 is 0 Å². The number of carbonyl (C=O) groups excluding carboxylic acids is 1. The second-order valence-electron chi connectivity index (χ2n) is 7.17. The van der Waals surface area contributed by atoms with E-state index in [4.69, 9.17) is 4.74 Å². The lowest BCUT2D eigenvalue weighted by Crippen LogP contribution is -2.20. The third-order valence-corrected chi connectivity index (χ3v) is 4.80. The number of nitrogens with zero attached hydrogens (tertiary/aromatic N) is 2. The monoisotopic (exact) mass is 388 g/mol. The predicted octanol–water partition coefficient (Wildman–Crippen LogP) is 4.30. The highest BCUT2D eigenvalue weighted by molar-refractivity contribution is 6.03. The number of ether oxygens (including phenoxy) is 1. The van der Waals surface area contributed by atoms with E-state index in [1.165, 1.54) is 0 Å². The van der Waals surface area contributed by atoms with Gasteiger partial charge in [-0.3, -0.25) is 4.79 Å².